The molecular formula is C15H15N5O. The van der Waals surface area contributed by atoms with Gasteiger partial charge in [-0.15, -0.1) is 5.10 Å². The predicted octanol–water partition coefficient (Wildman–Crippen LogP) is 1.47. The fourth-order valence-corrected chi connectivity index (χ4v) is 2.22. The number of amides is 1. The zero-order valence-electron chi connectivity index (χ0n) is 11.3. The summed E-state index contributed by atoms with van der Waals surface area (Å²) in [7, 11) is 0. The molecule has 0 saturated carbocycles. The van der Waals surface area contributed by atoms with Gasteiger partial charge in [0.25, 0.3) is 0 Å². The van der Waals surface area contributed by atoms with Crippen molar-refractivity contribution in [2.75, 3.05) is 5.32 Å². The van der Waals surface area contributed by atoms with Crippen LogP contribution in [-0.2, 0) is 11.2 Å². The molecule has 106 valence electrons. The Balaban J connectivity index is 1.71. The predicted molar refractivity (Wildman–Crippen MR) is 80.6 cm³/mol. The number of carbonyl (C=O) groups is 1. The van der Waals surface area contributed by atoms with E-state index in [9.17, 15) is 4.79 Å². The number of benzene rings is 1. The van der Waals surface area contributed by atoms with Crippen molar-refractivity contribution in [2.45, 2.75) is 12.5 Å². The highest BCUT2D eigenvalue weighted by atomic mass is 16.2. The van der Waals surface area contributed by atoms with E-state index in [4.69, 9.17) is 5.73 Å². The van der Waals surface area contributed by atoms with E-state index >= 15 is 0 Å². The number of hydrogen-bond acceptors (Lipinski definition) is 4. The summed E-state index contributed by atoms with van der Waals surface area (Å²) in [5, 5.41) is 11.2. The fraction of sp³-hybridized carbons (Fsp3) is 0.133. The standard InChI is InChI=1S/C15H15N5O/c16-12(15(21)19-14-6-3-7-18-20-14)8-10-9-17-13-5-2-1-4-11(10)13/h1-7,9,12,17H,8,16H2,(H,19,20,21)/t12-/m0/s1. The average molecular weight is 281 g/mol. The van der Waals surface area contributed by atoms with Crippen LogP contribution in [0.2, 0.25) is 0 Å². The van der Waals surface area contributed by atoms with Crippen LogP contribution in [0.4, 0.5) is 5.82 Å². The van der Waals surface area contributed by atoms with Crippen molar-refractivity contribution in [3.05, 3.63) is 54.4 Å². The van der Waals surface area contributed by atoms with Crippen LogP contribution in [-0.4, -0.2) is 27.1 Å². The number of carbonyl (C=O) groups excluding carboxylic acids is 1. The first-order chi connectivity index (χ1) is 10.2. The van der Waals surface area contributed by atoms with E-state index in [1.807, 2.05) is 30.5 Å². The van der Waals surface area contributed by atoms with Crippen LogP contribution in [0.1, 0.15) is 5.56 Å². The van der Waals surface area contributed by atoms with Crippen molar-refractivity contribution in [1.29, 1.82) is 0 Å². The molecule has 0 unspecified atom stereocenters. The molecule has 0 spiro atoms. The van der Waals surface area contributed by atoms with Crippen molar-refractivity contribution in [3.8, 4) is 0 Å². The quantitative estimate of drug-likeness (QED) is 0.674. The molecule has 1 atom stereocenters. The van der Waals surface area contributed by atoms with Crippen molar-refractivity contribution in [1.82, 2.24) is 15.2 Å². The molecule has 0 aliphatic carbocycles. The number of nitrogens with two attached hydrogens (primary N) is 1. The Morgan fingerprint density at radius 2 is 2.14 bits per heavy atom. The maximum Gasteiger partial charge on any atom is 0.242 e. The van der Waals surface area contributed by atoms with Gasteiger partial charge in [0.05, 0.1) is 6.04 Å². The largest absolute Gasteiger partial charge is 0.361 e. The van der Waals surface area contributed by atoms with Gasteiger partial charge in [0.2, 0.25) is 5.91 Å². The highest BCUT2D eigenvalue weighted by Gasteiger charge is 2.16. The third-order valence-corrected chi connectivity index (χ3v) is 3.28. The molecule has 0 aliphatic heterocycles. The van der Waals surface area contributed by atoms with Crippen molar-refractivity contribution in [3.63, 3.8) is 0 Å². The van der Waals surface area contributed by atoms with Crippen LogP contribution in [0.3, 0.4) is 0 Å². The van der Waals surface area contributed by atoms with Crippen molar-refractivity contribution < 1.29 is 4.79 Å². The summed E-state index contributed by atoms with van der Waals surface area (Å²) in [5.74, 6) is 0.123. The van der Waals surface area contributed by atoms with Crippen LogP contribution in [0.25, 0.3) is 10.9 Å². The first kappa shape index (κ1) is 13.3. The number of anilines is 1. The van der Waals surface area contributed by atoms with Gasteiger partial charge in [-0.1, -0.05) is 18.2 Å². The molecular weight excluding hydrogens is 266 g/mol. The molecule has 0 radical (unpaired) electrons. The van der Waals surface area contributed by atoms with E-state index in [1.54, 1.807) is 18.3 Å². The number of para-hydroxylation sites is 1. The number of aromatic amines is 1. The molecule has 1 amide bonds. The van der Waals surface area contributed by atoms with E-state index in [2.05, 4.69) is 20.5 Å². The number of nitrogens with zero attached hydrogens (tertiary/aromatic N) is 2. The second kappa shape index (κ2) is 5.72. The smallest absolute Gasteiger partial charge is 0.242 e. The molecule has 6 heteroatoms. The molecule has 0 aliphatic rings. The van der Waals surface area contributed by atoms with E-state index in [0.29, 0.717) is 12.2 Å². The van der Waals surface area contributed by atoms with Crippen LogP contribution >= 0.6 is 0 Å². The molecule has 2 aromatic heterocycles. The van der Waals surface area contributed by atoms with Crippen LogP contribution in [0.15, 0.2) is 48.8 Å². The minimum atomic E-state index is -0.647. The fourth-order valence-electron chi connectivity index (χ4n) is 2.22. The highest BCUT2D eigenvalue weighted by Crippen LogP contribution is 2.18. The number of aromatic nitrogens is 3. The van der Waals surface area contributed by atoms with E-state index in [-0.39, 0.29) is 5.91 Å². The van der Waals surface area contributed by atoms with E-state index in [1.165, 1.54) is 0 Å². The van der Waals surface area contributed by atoms with Gasteiger partial charge in [-0.2, -0.15) is 5.10 Å². The maximum absolute atomic E-state index is 12.1. The molecule has 0 saturated heterocycles. The molecule has 1 aromatic carbocycles. The number of rotatable bonds is 4. The molecule has 3 aromatic rings. The first-order valence-electron chi connectivity index (χ1n) is 6.63. The summed E-state index contributed by atoms with van der Waals surface area (Å²) in [6.07, 6.45) is 3.89. The van der Waals surface area contributed by atoms with Gasteiger partial charge in [-0.3, -0.25) is 4.79 Å². The lowest BCUT2D eigenvalue weighted by Gasteiger charge is -2.10. The molecule has 21 heavy (non-hydrogen) atoms. The third kappa shape index (κ3) is 2.90. The Bertz CT molecular complexity index is 753. The zero-order chi connectivity index (χ0) is 14.7. The second-order valence-electron chi connectivity index (χ2n) is 4.77. The van der Waals surface area contributed by atoms with Gasteiger partial charge >= 0.3 is 0 Å². The SMILES string of the molecule is N[C@@H](Cc1c[nH]c2ccccc12)C(=O)Nc1cccnn1. The summed E-state index contributed by atoms with van der Waals surface area (Å²) < 4.78 is 0. The molecule has 3 rings (SSSR count). The van der Waals surface area contributed by atoms with Gasteiger partial charge in [-0.25, -0.2) is 0 Å². The highest BCUT2D eigenvalue weighted by molar-refractivity contribution is 5.94. The summed E-state index contributed by atoms with van der Waals surface area (Å²) in [4.78, 5) is 15.2. The summed E-state index contributed by atoms with van der Waals surface area (Å²) in [5.41, 5.74) is 8.03. The zero-order valence-corrected chi connectivity index (χ0v) is 11.3. The third-order valence-electron chi connectivity index (χ3n) is 3.28. The Hall–Kier alpha value is -2.73. The Morgan fingerprint density at radius 1 is 1.29 bits per heavy atom. The summed E-state index contributed by atoms with van der Waals surface area (Å²) >= 11 is 0. The Morgan fingerprint density at radius 3 is 2.95 bits per heavy atom. The minimum Gasteiger partial charge on any atom is -0.361 e. The Labute approximate surface area is 121 Å². The van der Waals surface area contributed by atoms with Crippen LogP contribution in [0, 0.1) is 0 Å². The lowest BCUT2D eigenvalue weighted by molar-refractivity contribution is -0.117. The summed E-state index contributed by atoms with van der Waals surface area (Å²) in [6, 6.07) is 10.6. The van der Waals surface area contributed by atoms with Gasteiger partial charge in [0.15, 0.2) is 5.82 Å². The molecule has 0 fully saturated rings. The normalized spacial score (nSPS) is 12.2. The van der Waals surface area contributed by atoms with Gasteiger partial charge in [-0.05, 0) is 30.2 Å². The van der Waals surface area contributed by atoms with Crippen molar-refractivity contribution in [2.24, 2.45) is 5.73 Å². The number of hydrogen-bond donors (Lipinski definition) is 3. The maximum atomic E-state index is 12.1. The Kier molecular flexibility index (Phi) is 3.61. The minimum absolute atomic E-state index is 0.277. The number of H-pyrrole nitrogens is 1. The first-order valence-corrected chi connectivity index (χ1v) is 6.63. The second-order valence-corrected chi connectivity index (χ2v) is 4.77. The molecule has 2 heterocycles. The topological polar surface area (TPSA) is 96.7 Å². The lowest BCUT2D eigenvalue weighted by Crippen LogP contribution is -2.37. The summed E-state index contributed by atoms with van der Waals surface area (Å²) in [6.45, 7) is 0. The molecule has 4 N–H and O–H groups in total. The lowest BCUT2D eigenvalue weighted by atomic mass is 10.1. The van der Waals surface area contributed by atoms with Gasteiger partial charge < -0.3 is 16.0 Å². The molecule has 6 nitrogen and oxygen atoms in total. The van der Waals surface area contributed by atoms with E-state index < -0.39 is 6.04 Å². The number of fused-ring (bicyclic) bond motifs is 1. The van der Waals surface area contributed by atoms with E-state index in [0.717, 1.165) is 16.5 Å². The number of nitrogens with one attached hydrogen (secondary N) is 2. The van der Waals surface area contributed by atoms with Crippen molar-refractivity contribution >= 4 is 22.6 Å². The van der Waals surface area contributed by atoms with Crippen LogP contribution in [0.5, 0.6) is 0 Å². The van der Waals surface area contributed by atoms with Crippen LogP contribution < -0.4 is 11.1 Å². The molecule has 0 bridgehead atoms. The van der Waals surface area contributed by atoms with Gasteiger partial charge in [0, 0.05) is 23.3 Å². The van der Waals surface area contributed by atoms with Gasteiger partial charge in [0.1, 0.15) is 0 Å². The average Bonchev–Trinajstić information content (AvgIpc) is 2.91. The monoisotopic (exact) mass is 281 g/mol.